The number of halogens is 1. The third-order valence-corrected chi connectivity index (χ3v) is 4.05. The summed E-state index contributed by atoms with van der Waals surface area (Å²) in [6.45, 7) is 2.31. The van der Waals surface area contributed by atoms with Gasteiger partial charge in [0.15, 0.2) is 0 Å². The number of hydrogen-bond donors (Lipinski definition) is 1. The number of hydrogen-bond acceptors (Lipinski definition) is 2. The van der Waals surface area contributed by atoms with Crippen LogP contribution in [0, 0.1) is 0 Å². The van der Waals surface area contributed by atoms with E-state index in [2.05, 4.69) is 38.8 Å². The summed E-state index contributed by atoms with van der Waals surface area (Å²) in [6.07, 6.45) is 6.08. The molecule has 0 radical (unpaired) electrons. The average Bonchev–Trinajstić information content (AvgIpc) is 2.43. The van der Waals surface area contributed by atoms with Crippen molar-refractivity contribution in [1.29, 1.82) is 0 Å². The molecular weight excluding hydrogens is 258 g/mol. The second-order valence-corrected chi connectivity index (χ2v) is 5.43. The predicted octanol–water partition coefficient (Wildman–Crippen LogP) is 3.67. The van der Waals surface area contributed by atoms with Crippen molar-refractivity contribution in [3.63, 3.8) is 0 Å². The van der Waals surface area contributed by atoms with Crippen molar-refractivity contribution in [3.05, 3.63) is 26.4 Å². The maximum Gasteiger partial charge on any atom is 0.0288 e. The van der Waals surface area contributed by atoms with E-state index in [1.165, 1.54) is 35.2 Å². The van der Waals surface area contributed by atoms with E-state index in [9.17, 15) is 0 Å². The van der Waals surface area contributed by atoms with E-state index in [1.807, 2.05) is 0 Å². The molecule has 1 aliphatic rings. The third kappa shape index (κ3) is 2.94. The van der Waals surface area contributed by atoms with Crippen molar-refractivity contribution in [2.45, 2.75) is 19.3 Å². The molecule has 1 N–H and O–H groups in total. The van der Waals surface area contributed by atoms with Gasteiger partial charge in [-0.05, 0) is 60.4 Å². The van der Waals surface area contributed by atoms with E-state index < -0.39 is 0 Å². The van der Waals surface area contributed by atoms with E-state index in [0.717, 1.165) is 6.54 Å². The van der Waals surface area contributed by atoms with Gasteiger partial charge >= 0.3 is 0 Å². The summed E-state index contributed by atoms with van der Waals surface area (Å²) in [4.78, 5) is 1.37. The second kappa shape index (κ2) is 5.10. The van der Waals surface area contributed by atoms with Crippen molar-refractivity contribution in [2.75, 3.05) is 13.1 Å². The molecule has 0 bridgehead atoms. The Kier molecular flexibility index (Phi) is 3.79. The SMILES string of the molecule is Brc1csc(/C=C2/CCCNCC2)c1. The zero-order chi connectivity index (χ0) is 9.80. The van der Waals surface area contributed by atoms with Crippen LogP contribution in [0.3, 0.4) is 0 Å². The lowest BCUT2D eigenvalue weighted by Gasteiger charge is -1.99. The molecule has 1 aromatic heterocycles. The molecule has 0 aromatic carbocycles. The van der Waals surface area contributed by atoms with Crippen molar-refractivity contribution in [3.8, 4) is 0 Å². The quantitative estimate of drug-likeness (QED) is 0.822. The normalized spacial score (nSPS) is 21.1. The number of nitrogens with one attached hydrogen (secondary N) is 1. The zero-order valence-electron chi connectivity index (χ0n) is 8.05. The fraction of sp³-hybridized carbons (Fsp3) is 0.455. The first-order valence-corrected chi connectivity index (χ1v) is 6.66. The van der Waals surface area contributed by atoms with Crippen LogP contribution in [0.25, 0.3) is 6.08 Å². The highest BCUT2D eigenvalue weighted by molar-refractivity contribution is 9.10. The molecule has 1 saturated heterocycles. The van der Waals surface area contributed by atoms with Crippen LogP contribution in [-0.4, -0.2) is 13.1 Å². The standard InChI is InChI=1S/C11H14BrNS/c12-10-7-11(14-8-10)6-9-2-1-4-13-5-3-9/h6-8,13H,1-5H2/b9-6-. The molecule has 0 atom stereocenters. The molecule has 1 nitrogen and oxygen atoms in total. The first-order chi connectivity index (χ1) is 6.84. The lowest BCUT2D eigenvalue weighted by molar-refractivity contribution is 0.703. The lowest BCUT2D eigenvalue weighted by Crippen LogP contribution is -2.13. The minimum atomic E-state index is 1.14. The van der Waals surface area contributed by atoms with Crippen LogP contribution in [0.4, 0.5) is 0 Å². The Balaban J connectivity index is 2.08. The molecule has 0 saturated carbocycles. The molecule has 1 aromatic rings. The van der Waals surface area contributed by atoms with E-state index in [-0.39, 0.29) is 0 Å². The Morgan fingerprint density at radius 1 is 1.36 bits per heavy atom. The number of rotatable bonds is 1. The van der Waals surface area contributed by atoms with Crippen LogP contribution in [-0.2, 0) is 0 Å². The van der Waals surface area contributed by atoms with Gasteiger partial charge in [0.25, 0.3) is 0 Å². The van der Waals surface area contributed by atoms with Gasteiger partial charge in [-0.3, -0.25) is 0 Å². The van der Waals surface area contributed by atoms with Crippen LogP contribution in [0.2, 0.25) is 0 Å². The Hall–Kier alpha value is -0.120. The molecule has 2 rings (SSSR count). The molecule has 0 aliphatic carbocycles. The fourth-order valence-corrected chi connectivity index (χ4v) is 3.11. The van der Waals surface area contributed by atoms with Gasteiger partial charge in [-0.25, -0.2) is 0 Å². The summed E-state index contributed by atoms with van der Waals surface area (Å²) < 4.78 is 1.20. The van der Waals surface area contributed by atoms with Gasteiger partial charge in [0.05, 0.1) is 0 Å². The Labute approximate surface area is 97.3 Å². The smallest absolute Gasteiger partial charge is 0.0288 e. The number of thiophene rings is 1. The summed E-state index contributed by atoms with van der Waals surface area (Å²) in [5.74, 6) is 0. The van der Waals surface area contributed by atoms with Gasteiger partial charge < -0.3 is 5.32 Å². The first kappa shape index (κ1) is 10.4. The average molecular weight is 272 g/mol. The van der Waals surface area contributed by atoms with Crippen LogP contribution in [0.5, 0.6) is 0 Å². The van der Waals surface area contributed by atoms with Gasteiger partial charge in [0, 0.05) is 14.7 Å². The minimum Gasteiger partial charge on any atom is -0.316 e. The van der Waals surface area contributed by atoms with Crippen LogP contribution < -0.4 is 5.32 Å². The molecule has 0 spiro atoms. The van der Waals surface area contributed by atoms with E-state index in [0.29, 0.717) is 0 Å². The van der Waals surface area contributed by atoms with Crippen LogP contribution in [0.15, 0.2) is 21.5 Å². The maximum absolute atomic E-state index is 3.48. The lowest BCUT2D eigenvalue weighted by atomic mass is 10.1. The molecule has 3 heteroatoms. The van der Waals surface area contributed by atoms with E-state index in [1.54, 1.807) is 16.9 Å². The topological polar surface area (TPSA) is 12.0 Å². The molecule has 2 heterocycles. The summed E-state index contributed by atoms with van der Waals surface area (Å²) in [5, 5.41) is 5.56. The van der Waals surface area contributed by atoms with E-state index >= 15 is 0 Å². The molecule has 1 aliphatic heterocycles. The Bertz CT molecular complexity index is 320. The zero-order valence-corrected chi connectivity index (χ0v) is 10.5. The largest absolute Gasteiger partial charge is 0.316 e. The Morgan fingerprint density at radius 3 is 3.07 bits per heavy atom. The first-order valence-electron chi connectivity index (χ1n) is 4.99. The molecule has 0 amide bonds. The third-order valence-electron chi connectivity index (χ3n) is 2.41. The fourth-order valence-electron chi connectivity index (χ4n) is 1.69. The van der Waals surface area contributed by atoms with Crippen LogP contribution >= 0.6 is 27.3 Å². The highest BCUT2D eigenvalue weighted by atomic mass is 79.9. The highest BCUT2D eigenvalue weighted by Crippen LogP contribution is 2.24. The van der Waals surface area contributed by atoms with Gasteiger partial charge in [0.1, 0.15) is 0 Å². The van der Waals surface area contributed by atoms with Gasteiger partial charge in [-0.2, -0.15) is 0 Å². The minimum absolute atomic E-state index is 1.14. The monoisotopic (exact) mass is 271 g/mol. The summed E-state index contributed by atoms with van der Waals surface area (Å²) in [6, 6.07) is 2.19. The molecular formula is C11H14BrNS. The van der Waals surface area contributed by atoms with E-state index in [4.69, 9.17) is 0 Å². The highest BCUT2D eigenvalue weighted by Gasteiger charge is 2.04. The molecule has 14 heavy (non-hydrogen) atoms. The Morgan fingerprint density at radius 2 is 2.29 bits per heavy atom. The molecule has 76 valence electrons. The summed E-state index contributed by atoms with van der Waals surface area (Å²) in [7, 11) is 0. The van der Waals surface area contributed by atoms with Gasteiger partial charge in [-0.1, -0.05) is 5.57 Å². The van der Waals surface area contributed by atoms with Gasteiger partial charge in [0.2, 0.25) is 0 Å². The van der Waals surface area contributed by atoms with Crippen molar-refractivity contribution >= 4 is 33.3 Å². The maximum atomic E-state index is 3.48. The van der Waals surface area contributed by atoms with Crippen molar-refractivity contribution in [1.82, 2.24) is 5.32 Å². The van der Waals surface area contributed by atoms with Crippen molar-refractivity contribution in [2.24, 2.45) is 0 Å². The second-order valence-electron chi connectivity index (χ2n) is 3.57. The predicted molar refractivity (Wildman–Crippen MR) is 66.7 cm³/mol. The van der Waals surface area contributed by atoms with Crippen molar-refractivity contribution < 1.29 is 0 Å². The summed E-state index contributed by atoms with van der Waals surface area (Å²) >= 11 is 5.29. The van der Waals surface area contributed by atoms with Gasteiger partial charge in [-0.15, -0.1) is 11.3 Å². The molecule has 1 fully saturated rings. The van der Waals surface area contributed by atoms with Crippen LogP contribution in [0.1, 0.15) is 24.1 Å². The summed E-state index contributed by atoms with van der Waals surface area (Å²) in [5.41, 5.74) is 1.59. The molecule has 0 unspecified atom stereocenters.